The maximum absolute atomic E-state index is 11.4. The zero-order valence-corrected chi connectivity index (χ0v) is 12.2. The smallest absolute Gasteiger partial charge is 0.333 e. The predicted octanol–water partition coefficient (Wildman–Crippen LogP) is 1.16. The topological polar surface area (TPSA) is 76.2 Å². The lowest BCUT2D eigenvalue weighted by Crippen LogP contribution is -2.35. The van der Waals surface area contributed by atoms with E-state index in [1.807, 2.05) is 6.92 Å². The fourth-order valence-electron chi connectivity index (χ4n) is 3.73. The average Bonchev–Trinajstić information content (AvgIpc) is 3.04. The van der Waals surface area contributed by atoms with Crippen LogP contribution >= 0.6 is 0 Å². The molecule has 0 saturated carbocycles. The normalized spacial score (nSPS) is 28.9. The number of hydrogen-bond acceptors (Lipinski definition) is 5. The molecule has 3 heterocycles. The molecule has 2 fully saturated rings. The molecule has 7 heteroatoms. The summed E-state index contributed by atoms with van der Waals surface area (Å²) in [6.07, 6.45) is 0. The van der Waals surface area contributed by atoms with Crippen molar-refractivity contribution in [1.29, 1.82) is 0 Å². The van der Waals surface area contributed by atoms with E-state index in [9.17, 15) is 10.1 Å². The van der Waals surface area contributed by atoms with Gasteiger partial charge in [0.2, 0.25) is 5.82 Å². The summed E-state index contributed by atoms with van der Waals surface area (Å²) >= 11 is 0. The van der Waals surface area contributed by atoms with Crippen molar-refractivity contribution in [3.63, 3.8) is 0 Å². The molecule has 0 aliphatic carbocycles. The summed E-state index contributed by atoms with van der Waals surface area (Å²) in [6, 6.07) is 0.315. The summed E-state index contributed by atoms with van der Waals surface area (Å²) in [5.41, 5.74) is 0.681. The van der Waals surface area contributed by atoms with Crippen molar-refractivity contribution in [3.8, 4) is 0 Å². The Morgan fingerprint density at radius 2 is 2.25 bits per heavy atom. The first-order chi connectivity index (χ1) is 9.54. The Hall–Kier alpha value is -1.63. The second-order valence-corrected chi connectivity index (χ2v) is 5.81. The van der Waals surface area contributed by atoms with Gasteiger partial charge in [0.1, 0.15) is 5.69 Å². The third-order valence-corrected chi connectivity index (χ3v) is 4.76. The van der Waals surface area contributed by atoms with Crippen molar-refractivity contribution in [1.82, 2.24) is 15.1 Å². The molecule has 0 amide bonds. The molecule has 3 unspecified atom stereocenters. The monoisotopic (exact) mass is 279 g/mol. The highest BCUT2D eigenvalue weighted by atomic mass is 16.6. The standard InChI is InChI=1S/C13H21N5O2/c1-4-17-13(12(18(19)20)8(2)15-17)16-7-10-5-14-6-11(10)9(16)3/h9-11,14H,4-7H2,1-3H3. The van der Waals surface area contributed by atoms with Crippen LogP contribution in [-0.4, -0.2) is 40.4 Å². The van der Waals surface area contributed by atoms with Crippen molar-refractivity contribution in [2.24, 2.45) is 11.8 Å². The van der Waals surface area contributed by atoms with Gasteiger partial charge in [0.05, 0.1) is 4.92 Å². The summed E-state index contributed by atoms with van der Waals surface area (Å²) < 4.78 is 1.78. The average molecular weight is 279 g/mol. The molecule has 1 aromatic rings. The zero-order valence-electron chi connectivity index (χ0n) is 12.2. The third kappa shape index (κ3) is 1.80. The SMILES string of the molecule is CCn1nc(C)c([N+](=O)[O-])c1N1CC2CNCC2C1C. The van der Waals surface area contributed by atoms with Crippen LogP contribution in [0.15, 0.2) is 0 Å². The highest BCUT2D eigenvalue weighted by Gasteiger charge is 2.45. The Kier molecular flexibility index (Phi) is 3.16. The molecule has 110 valence electrons. The molecule has 3 atom stereocenters. The minimum absolute atomic E-state index is 0.173. The van der Waals surface area contributed by atoms with E-state index in [4.69, 9.17) is 0 Å². The van der Waals surface area contributed by atoms with Crippen LogP contribution in [0, 0.1) is 28.9 Å². The van der Waals surface area contributed by atoms with Gasteiger partial charge in [-0.1, -0.05) is 0 Å². The van der Waals surface area contributed by atoms with Gasteiger partial charge >= 0.3 is 5.69 Å². The van der Waals surface area contributed by atoms with E-state index < -0.39 is 0 Å². The summed E-state index contributed by atoms with van der Waals surface area (Å²) in [5.74, 6) is 1.86. The second-order valence-electron chi connectivity index (χ2n) is 5.81. The summed E-state index contributed by atoms with van der Waals surface area (Å²) in [5, 5.41) is 19.2. The number of nitro groups is 1. The van der Waals surface area contributed by atoms with Crippen molar-refractivity contribution in [2.45, 2.75) is 33.4 Å². The van der Waals surface area contributed by atoms with E-state index in [1.165, 1.54) is 0 Å². The van der Waals surface area contributed by atoms with Crippen LogP contribution in [0.5, 0.6) is 0 Å². The minimum Gasteiger partial charge on any atom is -0.348 e. The Balaban J connectivity index is 2.03. The molecule has 2 aliphatic heterocycles. The molecule has 7 nitrogen and oxygen atoms in total. The fraction of sp³-hybridized carbons (Fsp3) is 0.769. The van der Waals surface area contributed by atoms with Crippen LogP contribution in [0.4, 0.5) is 11.5 Å². The van der Waals surface area contributed by atoms with Gasteiger partial charge in [0.15, 0.2) is 0 Å². The Labute approximate surface area is 118 Å². The van der Waals surface area contributed by atoms with Gasteiger partial charge in [0.25, 0.3) is 0 Å². The minimum atomic E-state index is -0.289. The van der Waals surface area contributed by atoms with Crippen LogP contribution in [0.1, 0.15) is 19.5 Å². The number of anilines is 1. The quantitative estimate of drug-likeness (QED) is 0.664. The van der Waals surface area contributed by atoms with Crippen LogP contribution in [0.25, 0.3) is 0 Å². The van der Waals surface area contributed by atoms with E-state index in [-0.39, 0.29) is 10.6 Å². The lowest BCUT2D eigenvalue weighted by atomic mass is 9.95. The lowest BCUT2D eigenvalue weighted by molar-refractivity contribution is -0.384. The maximum atomic E-state index is 11.4. The molecule has 0 spiro atoms. The maximum Gasteiger partial charge on any atom is 0.333 e. The molecule has 3 rings (SSSR count). The first-order valence-corrected chi connectivity index (χ1v) is 7.23. The Bertz CT molecular complexity index is 541. The predicted molar refractivity (Wildman–Crippen MR) is 76.0 cm³/mol. The van der Waals surface area contributed by atoms with E-state index in [0.717, 1.165) is 19.6 Å². The van der Waals surface area contributed by atoms with Crippen molar-refractivity contribution in [2.75, 3.05) is 24.5 Å². The van der Waals surface area contributed by atoms with E-state index in [0.29, 0.717) is 35.9 Å². The van der Waals surface area contributed by atoms with E-state index in [1.54, 1.807) is 11.6 Å². The molecule has 1 N–H and O–H groups in total. The summed E-state index contributed by atoms with van der Waals surface area (Å²) in [4.78, 5) is 13.3. The van der Waals surface area contributed by atoms with Gasteiger partial charge in [-0.15, -0.1) is 0 Å². The molecule has 2 saturated heterocycles. The van der Waals surface area contributed by atoms with Crippen LogP contribution < -0.4 is 10.2 Å². The molecule has 2 aliphatic rings. The third-order valence-electron chi connectivity index (χ3n) is 4.76. The van der Waals surface area contributed by atoms with Gasteiger partial charge < -0.3 is 10.2 Å². The highest BCUT2D eigenvalue weighted by Crippen LogP contribution is 2.40. The first kappa shape index (κ1) is 13.4. The van der Waals surface area contributed by atoms with Gasteiger partial charge in [-0.05, 0) is 32.6 Å². The number of rotatable bonds is 3. The lowest BCUT2D eigenvalue weighted by Gasteiger charge is -2.26. The van der Waals surface area contributed by atoms with Gasteiger partial charge in [-0.2, -0.15) is 5.10 Å². The Morgan fingerprint density at radius 3 is 2.85 bits per heavy atom. The molecule has 1 aromatic heterocycles. The zero-order chi connectivity index (χ0) is 14.4. The molecule has 0 radical (unpaired) electrons. The second kappa shape index (κ2) is 4.73. The van der Waals surface area contributed by atoms with Crippen LogP contribution in [-0.2, 0) is 6.54 Å². The van der Waals surface area contributed by atoms with Crippen molar-refractivity contribution in [3.05, 3.63) is 15.8 Å². The van der Waals surface area contributed by atoms with Gasteiger partial charge in [0, 0.05) is 32.2 Å². The number of aryl methyl sites for hydroxylation is 2. The Morgan fingerprint density at radius 1 is 1.50 bits per heavy atom. The van der Waals surface area contributed by atoms with Crippen LogP contribution in [0.3, 0.4) is 0 Å². The highest BCUT2D eigenvalue weighted by molar-refractivity contribution is 5.62. The summed E-state index contributed by atoms with van der Waals surface area (Å²) in [6.45, 7) is 9.42. The van der Waals surface area contributed by atoms with Crippen molar-refractivity contribution < 1.29 is 4.92 Å². The molecule has 20 heavy (non-hydrogen) atoms. The number of nitrogens with one attached hydrogen (secondary N) is 1. The molecular formula is C13H21N5O2. The number of hydrogen-bond donors (Lipinski definition) is 1. The van der Waals surface area contributed by atoms with Gasteiger partial charge in [-0.3, -0.25) is 10.1 Å². The number of fused-ring (bicyclic) bond motifs is 1. The van der Waals surface area contributed by atoms with Crippen LogP contribution in [0.2, 0.25) is 0 Å². The molecule has 0 aromatic carbocycles. The van der Waals surface area contributed by atoms with E-state index >= 15 is 0 Å². The summed E-state index contributed by atoms with van der Waals surface area (Å²) in [7, 11) is 0. The molecular weight excluding hydrogens is 258 g/mol. The fourth-order valence-corrected chi connectivity index (χ4v) is 3.73. The number of aromatic nitrogens is 2. The van der Waals surface area contributed by atoms with Gasteiger partial charge in [-0.25, -0.2) is 4.68 Å². The van der Waals surface area contributed by atoms with E-state index in [2.05, 4.69) is 22.2 Å². The first-order valence-electron chi connectivity index (χ1n) is 7.23. The largest absolute Gasteiger partial charge is 0.348 e. The number of nitrogens with zero attached hydrogens (tertiary/aromatic N) is 4. The molecule has 0 bridgehead atoms. The van der Waals surface area contributed by atoms with Crippen molar-refractivity contribution >= 4 is 11.5 Å².